The Hall–Kier alpha value is -0.980. The van der Waals surface area contributed by atoms with Crippen LogP contribution >= 0.6 is 11.8 Å². The maximum Gasteiger partial charge on any atom is 0.332 e. The Balaban J connectivity index is 2.00. The molecule has 1 N–H and O–H groups in total. The lowest BCUT2D eigenvalue weighted by Crippen LogP contribution is -2.54. The number of fused-ring (bicyclic) bond motifs is 1. The monoisotopic (exact) mass is 297 g/mol. The molecule has 3 atom stereocenters. The van der Waals surface area contributed by atoms with Crippen LogP contribution in [0.1, 0.15) is 32.6 Å². The number of aliphatic hydroxyl groups excluding tert-OH is 1. The van der Waals surface area contributed by atoms with Crippen molar-refractivity contribution >= 4 is 17.7 Å². The number of carbonyl (C=O) groups excluding carboxylic acids is 1. The molecule has 1 aromatic heterocycles. The molecular formula is C14H19NO4S. The van der Waals surface area contributed by atoms with Crippen molar-refractivity contribution in [3.63, 3.8) is 0 Å². The van der Waals surface area contributed by atoms with Crippen LogP contribution in [0.15, 0.2) is 22.8 Å². The molecule has 0 bridgehead atoms. The molecule has 5 nitrogen and oxygen atoms in total. The largest absolute Gasteiger partial charge is 0.466 e. The molecule has 0 radical (unpaired) electrons. The molecule has 0 spiro atoms. The molecule has 0 saturated carbocycles. The van der Waals surface area contributed by atoms with Gasteiger partial charge in [-0.15, -0.1) is 11.8 Å². The van der Waals surface area contributed by atoms with Gasteiger partial charge in [-0.1, -0.05) is 20.8 Å². The predicted octanol–water partition coefficient (Wildman–Crippen LogP) is 1.99. The van der Waals surface area contributed by atoms with Gasteiger partial charge in [-0.05, 0) is 12.1 Å². The third-order valence-electron chi connectivity index (χ3n) is 3.93. The van der Waals surface area contributed by atoms with Gasteiger partial charge in [0.1, 0.15) is 11.9 Å². The van der Waals surface area contributed by atoms with E-state index >= 15 is 0 Å². The van der Waals surface area contributed by atoms with Crippen LogP contribution < -0.4 is 0 Å². The van der Waals surface area contributed by atoms with Gasteiger partial charge in [-0.3, -0.25) is 0 Å². The fraction of sp³-hybridized carbons (Fsp3) is 0.643. The minimum Gasteiger partial charge on any atom is -0.466 e. The Morgan fingerprint density at radius 3 is 2.90 bits per heavy atom. The number of carbonyl (C=O) groups is 1. The first-order valence-electron chi connectivity index (χ1n) is 6.64. The van der Waals surface area contributed by atoms with Gasteiger partial charge in [0.25, 0.3) is 0 Å². The average Bonchev–Trinajstić information content (AvgIpc) is 3.04. The van der Waals surface area contributed by atoms with E-state index in [1.54, 1.807) is 23.9 Å². The van der Waals surface area contributed by atoms with Crippen LogP contribution in [0.3, 0.4) is 0 Å². The van der Waals surface area contributed by atoms with Gasteiger partial charge in [0.05, 0.1) is 6.26 Å². The second-order valence-electron chi connectivity index (χ2n) is 6.41. The average molecular weight is 297 g/mol. The molecule has 110 valence electrons. The molecule has 2 aliphatic rings. The number of hydrogen-bond acceptors (Lipinski definition) is 6. The molecule has 2 aliphatic heterocycles. The minimum absolute atomic E-state index is 0.203. The Morgan fingerprint density at radius 2 is 2.30 bits per heavy atom. The number of thioether (sulfide) groups is 1. The molecule has 3 rings (SSSR count). The molecule has 2 fully saturated rings. The third-order valence-corrected chi connectivity index (χ3v) is 5.03. The molecule has 1 aromatic rings. The van der Waals surface area contributed by atoms with E-state index in [1.165, 1.54) is 6.26 Å². The molecule has 0 aliphatic carbocycles. The fourth-order valence-electron chi connectivity index (χ4n) is 2.89. The molecule has 2 saturated heterocycles. The van der Waals surface area contributed by atoms with Crippen LogP contribution in [0.4, 0.5) is 0 Å². The number of aliphatic hydroxyl groups is 1. The normalized spacial score (nSPS) is 32.2. The van der Waals surface area contributed by atoms with E-state index in [1.807, 2.05) is 25.7 Å². The number of cyclic esters (lactones) is 1. The van der Waals surface area contributed by atoms with Gasteiger partial charge in [0, 0.05) is 17.0 Å². The first-order chi connectivity index (χ1) is 9.37. The van der Waals surface area contributed by atoms with Crippen molar-refractivity contribution in [2.75, 3.05) is 11.6 Å². The maximum absolute atomic E-state index is 12.5. The second-order valence-corrected chi connectivity index (χ2v) is 7.37. The topological polar surface area (TPSA) is 62.9 Å². The standard InChI is InChI=1S/C14H19NO4S/c1-13(2,3)11-15-8-20-7-14(15,12(17)19-11)10(16)9-5-4-6-18-9/h4-6,10-11,16H,7-8H2,1-3H3. The number of rotatable bonds is 2. The summed E-state index contributed by atoms with van der Waals surface area (Å²) < 4.78 is 10.9. The van der Waals surface area contributed by atoms with Crippen LogP contribution in [-0.4, -0.2) is 39.4 Å². The van der Waals surface area contributed by atoms with Gasteiger partial charge in [-0.25, -0.2) is 9.69 Å². The van der Waals surface area contributed by atoms with Crippen molar-refractivity contribution in [2.24, 2.45) is 5.41 Å². The molecule has 0 amide bonds. The zero-order valence-corrected chi connectivity index (χ0v) is 12.6. The summed E-state index contributed by atoms with van der Waals surface area (Å²) in [5, 5.41) is 10.7. The molecule has 6 heteroatoms. The van der Waals surface area contributed by atoms with E-state index in [4.69, 9.17) is 9.15 Å². The zero-order valence-electron chi connectivity index (χ0n) is 11.8. The lowest BCUT2D eigenvalue weighted by Gasteiger charge is -2.36. The van der Waals surface area contributed by atoms with Crippen LogP contribution in [0, 0.1) is 5.41 Å². The lowest BCUT2D eigenvalue weighted by molar-refractivity contribution is -0.150. The quantitative estimate of drug-likeness (QED) is 0.842. The van der Waals surface area contributed by atoms with E-state index < -0.39 is 11.6 Å². The maximum atomic E-state index is 12.5. The number of ether oxygens (including phenoxy) is 1. The first-order valence-corrected chi connectivity index (χ1v) is 7.80. The summed E-state index contributed by atoms with van der Waals surface area (Å²) in [4.78, 5) is 14.5. The van der Waals surface area contributed by atoms with Gasteiger partial charge in [-0.2, -0.15) is 0 Å². The fourth-order valence-corrected chi connectivity index (χ4v) is 4.30. The van der Waals surface area contributed by atoms with Gasteiger partial charge >= 0.3 is 5.97 Å². The Bertz CT molecular complexity index is 510. The Morgan fingerprint density at radius 1 is 1.55 bits per heavy atom. The van der Waals surface area contributed by atoms with Crippen molar-refractivity contribution in [1.29, 1.82) is 0 Å². The third kappa shape index (κ3) is 1.82. The van der Waals surface area contributed by atoms with E-state index in [0.29, 0.717) is 17.4 Å². The first kappa shape index (κ1) is 14.0. The summed E-state index contributed by atoms with van der Waals surface area (Å²) in [6, 6.07) is 3.40. The van der Waals surface area contributed by atoms with Gasteiger partial charge in [0.15, 0.2) is 11.8 Å². The number of nitrogens with zero attached hydrogens (tertiary/aromatic N) is 1. The van der Waals surface area contributed by atoms with Crippen molar-refractivity contribution in [3.05, 3.63) is 24.2 Å². The van der Waals surface area contributed by atoms with Crippen molar-refractivity contribution in [1.82, 2.24) is 4.90 Å². The van der Waals surface area contributed by atoms with Crippen molar-refractivity contribution in [3.8, 4) is 0 Å². The molecule has 3 unspecified atom stereocenters. The number of furan rings is 1. The van der Waals surface area contributed by atoms with Crippen molar-refractivity contribution < 1.29 is 19.1 Å². The zero-order chi connectivity index (χ0) is 14.5. The van der Waals surface area contributed by atoms with Crippen LogP contribution in [0.5, 0.6) is 0 Å². The highest BCUT2D eigenvalue weighted by Crippen LogP contribution is 2.50. The van der Waals surface area contributed by atoms with E-state index in [9.17, 15) is 9.90 Å². The highest BCUT2D eigenvalue weighted by molar-refractivity contribution is 7.99. The highest BCUT2D eigenvalue weighted by Gasteiger charge is 2.65. The lowest BCUT2D eigenvalue weighted by atomic mass is 9.88. The second kappa shape index (κ2) is 4.51. The van der Waals surface area contributed by atoms with Crippen molar-refractivity contribution in [2.45, 2.75) is 38.6 Å². The Kier molecular flexibility index (Phi) is 3.15. The van der Waals surface area contributed by atoms with Gasteiger partial charge in [0.2, 0.25) is 0 Å². The summed E-state index contributed by atoms with van der Waals surface area (Å²) in [7, 11) is 0. The number of hydrogen-bond donors (Lipinski definition) is 1. The van der Waals surface area contributed by atoms with Crippen LogP contribution in [-0.2, 0) is 9.53 Å². The molecule has 3 heterocycles. The molecular weight excluding hydrogens is 278 g/mol. The highest BCUT2D eigenvalue weighted by atomic mass is 32.2. The molecule has 20 heavy (non-hydrogen) atoms. The number of esters is 1. The van der Waals surface area contributed by atoms with Gasteiger partial charge < -0.3 is 14.3 Å². The SMILES string of the molecule is CC(C)(C)C1OC(=O)C2(C(O)c3ccco3)CSCN12. The minimum atomic E-state index is -1.03. The molecule has 0 aromatic carbocycles. The summed E-state index contributed by atoms with van der Waals surface area (Å²) in [5.41, 5.74) is -1.23. The van der Waals surface area contributed by atoms with Crippen LogP contribution in [0.2, 0.25) is 0 Å². The smallest absolute Gasteiger partial charge is 0.332 e. The summed E-state index contributed by atoms with van der Waals surface area (Å²) in [6.07, 6.45) is 0.172. The van der Waals surface area contributed by atoms with E-state index in [2.05, 4.69) is 0 Å². The summed E-state index contributed by atoms with van der Waals surface area (Å²) >= 11 is 1.64. The van der Waals surface area contributed by atoms with E-state index in [-0.39, 0.29) is 17.6 Å². The Labute approximate surface area is 122 Å². The predicted molar refractivity (Wildman–Crippen MR) is 74.9 cm³/mol. The van der Waals surface area contributed by atoms with E-state index in [0.717, 1.165) is 0 Å². The summed E-state index contributed by atoms with van der Waals surface area (Å²) in [6.45, 7) is 6.09. The summed E-state index contributed by atoms with van der Waals surface area (Å²) in [5.74, 6) is 1.24. The van der Waals surface area contributed by atoms with Crippen LogP contribution in [0.25, 0.3) is 0 Å².